The number of nitrogen functional groups attached to an aromatic ring is 1. The summed E-state index contributed by atoms with van der Waals surface area (Å²) in [7, 11) is 4.07. The molecule has 11 heteroatoms. The normalized spacial score (nSPS) is 11.5. The molecule has 0 fully saturated rings. The lowest BCUT2D eigenvalue weighted by Gasteiger charge is -2.23. The third kappa shape index (κ3) is 16.1. The maximum absolute atomic E-state index is 6.15. The smallest absolute Gasteiger partial charge is 0.169 e. The minimum atomic E-state index is 0.290. The molecule has 0 atom stereocenters. The van der Waals surface area contributed by atoms with Gasteiger partial charge in [0.25, 0.3) is 0 Å². The number of hydrogen-bond donors (Lipinski definition) is 1. The number of aromatic nitrogens is 3. The number of anilines is 2. The van der Waals surface area contributed by atoms with E-state index >= 15 is 0 Å². The first-order valence-electron chi connectivity index (χ1n) is 24.6. The maximum Gasteiger partial charge on any atom is 0.169 e. The van der Waals surface area contributed by atoms with Gasteiger partial charge in [-0.3, -0.25) is 4.57 Å². The molecule has 7 nitrogen and oxygen atoms in total. The summed E-state index contributed by atoms with van der Waals surface area (Å²) in [6.45, 7) is 21.8. The summed E-state index contributed by atoms with van der Waals surface area (Å²) in [4.78, 5) is 2.08. The Hall–Kier alpha value is -5.84. The SMILES string of the molecule is CC(C)c1cccc(C(C)C)c1N.CN(C)c1ccccc1.Cc1ccccc1-c1nnc(-c2cccc(Br)c2)n1-c1c(C(C)C)cccc1C(C)C.Cc1ccccc1/C(Cl)=N/N=C(\Cl)c1cccc(Br)c1. The summed E-state index contributed by atoms with van der Waals surface area (Å²) >= 11 is 19.3. The quantitative estimate of drug-likeness (QED) is 0.0794. The molecular weight excluding hydrogens is 1070 g/mol. The van der Waals surface area contributed by atoms with Gasteiger partial charge in [0.1, 0.15) is 0 Å². The number of halogens is 4. The van der Waals surface area contributed by atoms with Crippen LogP contribution in [0.3, 0.4) is 0 Å². The number of nitrogens with two attached hydrogens (primary N) is 1. The third-order valence-corrected chi connectivity index (χ3v) is 13.6. The molecule has 380 valence electrons. The van der Waals surface area contributed by atoms with Crippen LogP contribution in [0.25, 0.3) is 28.5 Å². The fraction of sp³-hybridized carbons (Fsp3) is 0.258. The second kappa shape index (κ2) is 28.0. The van der Waals surface area contributed by atoms with Crippen molar-refractivity contribution in [3.8, 4) is 28.5 Å². The Morgan fingerprint density at radius 1 is 0.521 bits per heavy atom. The molecule has 0 saturated heterocycles. The van der Waals surface area contributed by atoms with E-state index in [-0.39, 0.29) is 5.17 Å². The molecule has 0 unspecified atom stereocenters. The molecule has 0 aliphatic carbocycles. The molecule has 0 spiro atoms. The van der Waals surface area contributed by atoms with E-state index in [0.717, 1.165) is 54.1 Å². The van der Waals surface area contributed by atoms with Gasteiger partial charge in [-0.05, 0) is 107 Å². The molecule has 7 aromatic carbocycles. The topological polar surface area (TPSA) is 84.7 Å². The van der Waals surface area contributed by atoms with Gasteiger partial charge >= 0.3 is 0 Å². The molecule has 1 aromatic heterocycles. The standard InChI is InChI=1S/C27H28BrN3.C15H11BrCl2N2.C12H19N.C8H11N/c1-17(2)22-14-9-15-23(18(3)4)25(22)31-26(20-11-8-12-21(28)16-20)29-30-27(31)24-13-7-6-10-19(24)5;1-10-5-2-3-8-13(10)15(18)20-19-14(17)11-6-4-7-12(16)9-11;1-8(2)10-6-5-7-11(9(3)4)12(10)13;1-9(2)8-6-4-3-5-7-8/h6-18H,1-5H3;2-9H,1H3;5-9H,13H2,1-4H3;3-7H,1-2H3/b;19-14-,20-15-;;. The van der Waals surface area contributed by atoms with E-state index in [9.17, 15) is 0 Å². The number of hydrogen-bond acceptors (Lipinski definition) is 6. The summed E-state index contributed by atoms with van der Waals surface area (Å²) in [5.41, 5.74) is 20.6. The highest BCUT2D eigenvalue weighted by Gasteiger charge is 2.24. The summed E-state index contributed by atoms with van der Waals surface area (Å²) < 4.78 is 4.23. The Balaban J connectivity index is 0.000000201. The van der Waals surface area contributed by atoms with E-state index in [1.54, 1.807) is 0 Å². The lowest BCUT2D eigenvalue weighted by atomic mass is 9.92. The van der Waals surface area contributed by atoms with E-state index in [1.165, 1.54) is 39.2 Å². The van der Waals surface area contributed by atoms with Crippen molar-refractivity contribution in [1.29, 1.82) is 0 Å². The van der Waals surface area contributed by atoms with Crippen molar-refractivity contribution in [1.82, 2.24) is 14.8 Å². The number of benzene rings is 7. The van der Waals surface area contributed by atoms with Crippen molar-refractivity contribution in [2.24, 2.45) is 10.2 Å². The first kappa shape index (κ1) is 58.1. The van der Waals surface area contributed by atoms with Gasteiger partial charge in [-0.15, -0.1) is 20.4 Å². The van der Waals surface area contributed by atoms with E-state index < -0.39 is 0 Å². The van der Waals surface area contributed by atoms with Gasteiger partial charge in [-0.25, -0.2) is 0 Å². The van der Waals surface area contributed by atoms with Crippen LogP contribution in [0.5, 0.6) is 0 Å². The lowest BCUT2D eigenvalue weighted by Crippen LogP contribution is -2.10. The van der Waals surface area contributed by atoms with E-state index in [4.69, 9.17) is 39.1 Å². The second-order valence-electron chi connectivity index (χ2n) is 19.1. The van der Waals surface area contributed by atoms with E-state index in [0.29, 0.717) is 28.8 Å². The van der Waals surface area contributed by atoms with Gasteiger partial charge in [-0.2, -0.15) is 0 Å². The molecule has 0 saturated carbocycles. The van der Waals surface area contributed by atoms with Crippen LogP contribution in [0.2, 0.25) is 0 Å². The number of para-hydroxylation sites is 3. The predicted octanol–water partition coefficient (Wildman–Crippen LogP) is 18.5. The van der Waals surface area contributed by atoms with Crippen LogP contribution in [-0.2, 0) is 0 Å². The molecule has 8 aromatic rings. The highest BCUT2D eigenvalue weighted by atomic mass is 79.9. The molecule has 73 heavy (non-hydrogen) atoms. The van der Waals surface area contributed by atoms with Crippen LogP contribution < -0.4 is 10.6 Å². The van der Waals surface area contributed by atoms with Crippen LogP contribution in [-0.4, -0.2) is 39.2 Å². The van der Waals surface area contributed by atoms with Crippen molar-refractivity contribution in [3.63, 3.8) is 0 Å². The fourth-order valence-corrected chi connectivity index (χ4v) is 9.24. The average Bonchev–Trinajstić information content (AvgIpc) is 3.81. The Morgan fingerprint density at radius 3 is 1.49 bits per heavy atom. The summed E-state index contributed by atoms with van der Waals surface area (Å²) in [5, 5.41) is 18.0. The minimum absolute atomic E-state index is 0.290. The molecule has 0 aliphatic rings. The molecule has 0 amide bonds. The molecule has 0 bridgehead atoms. The third-order valence-electron chi connectivity index (χ3n) is 12.0. The number of rotatable bonds is 11. The minimum Gasteiger partial charge on any atom is -0.398 e. The van der Waals surface area contributed by atoms with Crippen molar-refractivity contribution in [2.75, 3.05) is 24.7 Å². The lowest BCUT2D eigenvalue weighted by molar-refractivity contribution is 0.807. The first-order valence-corrected chi connectivity index (χ1v) is 26.9. The van der Waals surface area contributed by atoms with Crippen molar-refractivity contribution < 1.29 is 0 Å². The Kier molecular flexibility index (Phi) is 22.3. The van der Waals surface area contributed by atoms with Gasteiger partial charge in [0.05, 0.1) is 5.69 Å². The summed E-state index contributed by atoms with van der Waals surface area (Å²) in [6.07, 6.45) is 0. The van der Waals surface area contributed by atoms with Crippen LogP contribution in [0.4, 0.5) is 11.4 Å². The fourth-order valence-electron chi connectivity index (χ4n) is 8.03. The highest BCUT2D eigenvalue weighted by molar-refractivity contribution is 9.10. The van der Waals surface area contributed by atoms with E-state index in [1.807, 2.05) is 99.9 Å². The zero-order valence-electron chi connectivity index (χ0n) is 44.2. The van der Waals surface area contributed by atoms with Crippen molar-refractivity contribution in [3.05, 3.63) is 217 Å². The molecule has 2 N–H and O–H groups in total. The van der Waals surface area contributed by atoms with Gasteiger partial charge in [0, 0.05) is 56.7 Å². The zero-order valence-corrected chi connectivity index (χ0v) is 48.9. The molecule has 1 heterocycles. The summed E-state index contributed by atoms with van der Waals surface area (Å²) in [5.74, 6) is 3.50. The van der Waals surface area contributed by atoms with Crippen LogP contribution in [0, 0.1) is 13.8 Å². The number of nitrogens with zero attached hydrogens (tertiary/aromatic N) is 6. The van der Waals surface area contributed by atoms with Crippen molar-refractivity contribution in [2.45, 2.75) is 92.9 Å². The molecule has 8 rings (SSSR count). The first-order chi connectivity index (χ1) is 34.8. The van der Waals surface area contributed by atoms with E-state index in [2.05, 4.69) is 199 Å². The van der Waals surface area contributed by atoms with Gasteiger partial charge < -0.3 is 10.6 Å². The van der Waals surface area contributed by atoms with Gasteiger partial charge in [0.2, 0.25) is 0 Å². The monoisotopic (exact) mass is 1140 g/mol. The predicted molar refractivity (Wildman–Crippen MR) is 323 cm³/mol. The van der Waals surface area contributed by atoms with Crippen molar-refractivity contribution >= 4 is 76.8 Å². The zero-order chi connectivity index (χ0) is 53.4. The average molecular weight is 1140 g/mol. The van der Waals surface area contributed by atoms with Crippen LogP contribution >= 0.6 is 55.1 Å². The Morgan fingerprint density at radius 2 is 0.986 bits per heavy atom. The maximum atomic E-state index is 6.15. The van der Waals surface area contributed by atoms with Gasteiger partial charge in [-0.1, -0.05) is 238 Å². The van der Waals surface area contributed by atoms with Crippen LogP contribution in [0.1, 0.15) is 124 Å². The second-order valence-corrected chi connectivity index (χ2v) is 21.6. The largest absolute Gasteiger partial charge is 0.398 e. The highest BCUT2D eigenvalue weighted by Crippen LogP contribution is 2.38. The molecular formula is C62H69Br2Cl2N7. The summed E-state index contributed by atoms with van der Waals surface area (Å²) in [6, 6.07) is 55.1. The van der Waals surface area contributed by atoms with Crippen LogP contribution in [0.15, 0.2) is 183 Å². The van der Waals surface area contributed by atoms with Gasteiger partial charge in [0.15, 0.2) is 22.0 Å². The Bertz CT molecular complexity index is 3050. The molecule has 0 aliphatic heterocycles. The number of aryl methyl sites for hydroxylation is 2. The molecule has 0 radical (unpaired) electrons. The Labute approximate surface area is 461 Å².